The number of ether oxygens (including phenoxy) is 3. The molecule has 16 heteroatoms. The maximum atomic E-state index is 14.4. The molecule has 1 aromatic carbocycles. The SMILES string of the molecule is CC[C@H](C)[C@@H]([C@@H](CC(=O)N1CCC[C@H]1[C@H](OC)[C@@H](C)C(=O)N[C@@H](Cc1ccccc1)C(=O)OC(C)(C)C)OC)N(C)C(=O)[C@@H](NC(=O)[C@H](C(C)C)N(C)C)[C@H](C)N=[N+]=[N-]. The van der Waals surface area contributed by atoms with Crippen molar-refractivity contribution in [2.24, 2.45) is 22.9 Å². The maximum absolute atomic E-state index is 14.4. The standard InChI is InChI=1S/C43H72N8O8/c1-15-27(4)37(50(12)41(55)35(29(6)47-48-44)46-40(54)36(26(2)3)49(10)11)33(57-13)25-34(52)51-23-19-22-32(51)38(58-14)28(5)39(53)45-31(42(56)59-43(7,8)9)24-30-20-17-16-18-21-30/h16-18,20-21,26-29,31-33,35-38H,15,19,22-25H2,1-14H3,(H,45,53)(H,46,54)/t27-,28+,29-,31-,32-,33+,35-,36-,37-,38+/m0/s1. The van der Waals surface area contributed by atoms with E-state index in [1.54, 1.807) is 65.6 Å². The van der Waals surface area contributed by atoms with Gasteiger partial charge >= 0.3 is 5.97 Å². The van der Waals surface area contributed by atoms with Crippen LogP contribution in [0.4, 0.5) is 0 Å². The van der Waals surface area contributed by atoms with Gasteiger partial charge < -0.3 is 34.6 Å². The number of likely N-dealkylation sites (tertiary alicyclic amines) is 1. The molecule has 1 fully saturated rings. The van der Waals surface area contributed by atoms with Crippen LogP contribution in [-0.2, 0) is 44.6 Å². The Kier molecular flexibility index (Phi) is 20.3. The van der Waals surface area contributed by atoms with E-state index < -0.39 is 77.8 Å². The van der Waals surface area contributed by atoms with Crippen LogP contribution < -0.4 is 10.6 Å². The Morgan fingerprint density at radius 1 is 0.966 bits per heavy atom. The predicted molar refractivity (Wildman–Crippen MR) is 227 cm³/mol. The lowest BCUT2D eigenvalue weighted by Crippen LogP contribution is -2.60. The molecule has 0 unspecified atom stereocenters. The molecular formula is C43H72N8O8. The number of likely N-dealkylation sites (N-methyl/N-ethyl adjacent to an activating group) is 2. The molecule has 0 spiro atoms. The Balaban J connectivity index is 2.36. The van der Waals surface area contributed by atoms with Gasteiger partial charge in [0.05, 0.1) is 48.7 Å². The van der Waals surface area contributed by atoms with Gasteiger partial charge in [0, 0.05) is 39.1 Å². The van der Waals surface area contributed by atoms with Crippen LogP contribution in [0, 0.1) is 17.8 Å². The highest BCUT2D eigenvalue weighted by Crippen LogP contribution is 2.30. The number of hydrogen-bond donors (Lipinski definition) is 2. The number of benzene rings is 1. The molecule has 1 aliphatic rings. The molecule has 2 rings (SSSR count). The molecule has 1 aliphatic heterocycles. The summed E-state index contributed by atoms with van der Waals surface area (Å²) in [6, 6.07) is 4.75. The van der Waals surface area contributed by atoms with Crippen molar-refractivity contribution in [2.75, 3.05) is 41.9 Å². The zero-order valence-corrected chi connectivity index (χ0v) is 37.9. The van der Waals surface area contributed by atoms with E-state index in [-0.39, 0.29) is 36.5 Å². The van der Waals surface area contributed by atoms with Crippen molar-refractivity contribution >= 4 is 29.6 Å². The molecule has 1 heterocycles. The number of carbonyl (C=O) groups is 5. The van der Waals surface area contributed by atoms with Gasteiger partial charge in [-0.2, -0.15) is 0 Å². The molecule has 10 atom stereocenters. The van der Waals surface area contributed by atoms with Crippen molar-refractivity contribution in [1.82, 2.24) is 25.3 Å². The van der Waals surface area contributed by atoms with Gasteiger partial charge in [0.1, 0.15) is 17.7 Å². The second-order valence-electron chi connectivity index (χ2n) is 17.5. The molecule has 1 aromatic rings. The predicted octanol–water partition coefficient (Wildman–Crippen LogP) is 4.75. The molecule has 332 valence electrons. The fourth-order valence-electron chi connectivity index (χ4n) is 8.15. The van der Waals surface area contributed by atoms with Crippen molar-refractivity contribution in [3.05, 3.63) is 46.3 Å². The van der Waals surface area contributed by atoms with Crippen LogP contribution in [0.25, 0.3) is 10.4 Å². The van der Waals surface area contributed by atoms with Gasteiger partial charge in [0.2, 0.25) is 23.6 Å². The van der Waals surface area contributed by atoms with E-state index in [1.807, 2.05) is 58.0 Å². The van der Waals surface area contributed by atoms with Crippen molar-refractivity contribution < 1.29 is 38.2 Å². The van der Waals surface area contributed by atoms with Crippen LogP contribution in [0.2, 0.25) is 0 Å². The second-order valence-corrected chi connectivity index (χ2v) is 17.5. The Hall–Kier alpha value is -4.24. The number of nitrogens with zero attached hydrogens (tertiary/aromatic N) is 6. The molecule has 1 saturated heterocycles. The molecule has 0 aromatic heterocycles. The van der Waals surface area contributed by atoms with E-state index >= 15 is 0 Å². The summed E-state index contributed by atoms with van der Waals surface area (Å²) in [6.45, 7) is 16.8. The average Bonchev–Trinajstić information content (AvgIpc) is 3.65. The third kappa shape index (κ3) is 14.5. The average molecular weight is 829 g/mol. The lowest BCUT2D eigenvalue weighted by atomic mass is 9.89. The van der Waals surface area contributed by atoms with Crippen LogP contribution in [0.5, 0.6) is 0 Å². The molecule has 2 N–H and O–H groups in total. The van der Waals surface area contributed by atoms with Gasteiger partial charge in [-0.25, -0.2) is 4.79 Å². The number of nitrogens with one attached hydrogen (secondary N) is 2. The van der Waals surface area contributed by atoms with Crippen molar-refractivity contribution in [3.8, 4) is 0 Å². The van der Waals surface area contributed by atoms with Gasteiger partial charge in [0.15, 0.2) is 0 Å². The summed E-state index contributed by atoms with van der Waals surface area (Å²) < 4.78 is 17.6. The largest absolute Gasteiger partial charge is 0.458 e. The quantitative estimate of drug-likeness (QED) is 0.0718. The highest BCUT2D eigenvalue weighted by Gasteiger charge is 2.44. The Morgan fingerprint density at radius 3 is 2.10 bits per heavy atom. The zero-order chi connectivity index (χ0) is 44.8. The zero-order valence-electron chi connectivity index (χ0n) is 37.9. The van der Waals surface area contributed by atoms with Crippen LogP contribution >= 0.6 is 0 Å². The Labute approximate surface area is 352 Å². The summed E-state index contributed by atoms with van der Waals surface area (Å²) in [5.74, 6) is -2.99. The lowest BCUT2D eigenvalue weighted by Gasteiger charge is -2.41. The first-order chi connectivity index (χ1) is 27.6. The molecule has 16 nitrogen and oxygen atoms in total. The minimum Gasteiger partial charge on any atom is -0.458 e. The highest BCUT2D eigenvalue weighted by molar-refractivity contribution is 5.91. The minimum absolute atomic E-state index is 0.0664. The van der Waals surface area contributed by atoms with Crippen LogP contribution in [0.3, 0.4) is 0 Å². The van der Waals surface area contributed by atoms with Gasteiger partial charge in [0.25, 0.3) is 0 Å². The van der Waals surface area contributed by atoms with Gasteiger partial charge in [-0.05, 0) is 70.6 Å². The molecule has 0 radical (unpaired) electrons. The van der Waals surface area contributed by atoms with Crippen molar-refractivity contribution in [2.45, 2.75) is 148 Å². The van der Waals surface area contributed by atoms with Crippen LogP contribution in [-0.4, -0.2) is 140 Å². The third-order valence-corrected chi connectivity index (χ3v) is 11.3. The summed E-state index contributed by atoms with van der Waals surface area (Å²) in [7, 11) is 8.20. The second kappa shape index (κ2) is 23.5. The first-order valence-corrected chi connectivity index (χ1v) is 20.8. The summed E-state index contributed by atoms with van der Waals surface area (Å²) in [5, 5.41) is 9.56. The number of amides is 4. The van der Waals surface area contributed by atoms with Crippen molar-refractivity contribution in [1.29, 1.82) is 0 Å². The van der Waals surface area contributed by atoms with Crippen LogP contribution in [0.1, 0.15) is 93.6 Å². The number of hydrogen-bond acceptors (Lipinski definition) is 10. The van der Waals surface area contributed by atoms with Gasteiger partial charge in [-0.15, -0.1) is 0 Å². The Morgan fingerprint density at radius 2 is 1.59 bits per heavy atom. The van der Waals surface area contributed by atoms with E-state index in [2.05, 4.69) is 20.7 Å². The number of azide groups is 1. The summed E-state index contributed by atoms with van der Waals surface area (Å²) in [4.78, 5) is 77.4. The highest BCUT2D eigenvalue weighted by atomic mass is 16.6. The monoisotopic (exact) mass is 829 g/mol. The van der Waals surface area contributed by atoms with Gasteiger partial charge in [-0.1, -0.05) is 83.4 Å². The first kappa shape index (κ1) is 50.9. The van der Waals surface area contributed by atoms with E-state index in [1.165, 1.54) is 19.1 Å². The normalized spacial score (nSPS) is 19.0. The summed E-state index contributed by atoms with van der Waals surface area (Å²) >= 11 is 0. The molecule has 0 bridgehead atoms. The maximum Gasteiger partial charge on any atom is 0.329 e. The van der Waals surface area contributed by atoms with E-state index in [4.69, 9.17) is 14.2 Å². The topological polar surface area (TPSA) is 196 Å². The fraction of sp³-hybridized carbons (Fsp3) is 0.744. The number of esters is 1. The fourth-order valence-corrected chi connectivity index (χ4v) is 8.15. The summed E-state index contributed by atoms with van der Waals surface area (Å²) in [6.07, 6.45) is 0.637. The number of carbonyl (C=O) groups excluding carboxylic acids is 5. The third-order valence-electron chi connectivity index (χ3n) is 11.3. The first-order valence-electron chi connectivity index (χ1n) is 20.8. The molecule has 59 heavy (non-hydrogen) atoms. The summed E-state index contributed by atoms with van der Waals surface area (Å²) in [5.41, 5.74) is 9.38. The molecule has 0 saturated carbocycles. The van der Waals surface area contributed by atoms with E-state index in [0.717, 1.165) is 5.56 Å². The van der Waals surface area contributed by atoms with Crippen LogP contribution in [0.15, 0.2) is 35.4 Å². The number of methoxy groups -OCH3 is 2. The lowest BCUT2D eigenvalue weighted by molar-refractivity contribution is -0.159. The molecule has 0 aliphatic carbocycles. The van der Waals surface area contributed by atoms with E-state index in [0.29, 0.717) is 25.8 Å². The number of rotatable bonds is 22. The van der Waals surface area contributed by atoms with Crippen molar-refractivity contribution in [3.63, 3.8) is 0 Å². The smallest absolute Gasteiger partial charge is 0.329 e. The Bertz CT molecular complexity index is 1570. The molecule has 4 amide bonds. The van der Waals surface area contributed by atoms with E-state index in [9.17, 15) is 29.5 Å². The van der Waals surface area contributed by atoms with Gasteiger partial charge in [-0.3, -0.25) is 24.1 Å². The minimum atomic E-state index is -1.18. The molecular weight excluding hydrogens is 757 g/mol.